The van der Waals surface area contributed by atoms with E-state index in [2.05, 4.69) is 15.0 Å². The van der Waals surface area contributed by atoms with Crippen LogP contribution in [0.4, 0.5) is 5.69 Å². The fourth-order valence-electron chi connectivity index (χ4n) is 2.65. The van der Waals surface area contributed by atoms with Crippen LogP contribution in [0.25, 0.3) is 0 Å². The summed E-state index contributed by atoms with van der Waals surface area (Å²) in [5, 5.41) is 2.79. The van der Waals surface area contributed by atoms with Crippen molar-refractivity contribution in [1.82, 2.24) is 9.71 Å². The van der Waals surface area contributed by atoms with Crippen molar-refractivity contribution < 1.29 is 13.2 Å². The normalized spacial score (nSPS) is 11.2. The summed E-state index contributed by atoms with van der Waals surface area (Å²) < 4.78 is 27.9. The third kappa shape index (κ3) is 4.62. The summed E-state index contributed by atoms with van der Waals surface area (Å²) in [4.78, 5) is 16.7. The van der Waals surface area contributed by atoms with Crippen molar-refractivity contribution in [2.45, 2.75) is 25.3 Å². The van der Waals surface area contributed by atoms with E-state index in [1.54, 1.807) is 31.5 Å². The molecule has 0 saturated carbocycles. The van der Waals surface area contributed by atoms with E-state index in [9.17, 15) is 13.2 Å². The summed E-state index contributed by atoms with van der Waals surface area (Å²) in [5.41, 5.74) is 3.28. The number of anilines is 1. The number of rotatable bonds is 6. The molecule has 7 heteroatoms. The van der Waals surface area contributed by atoms with Gasteiger partial charge in [-0.05, 0) is 48.7 Å². The lowest BCUT2D eigenvalue weighted by molar-refractivity contribution is 0.102. The fourth-order valence-corrected chi connectivity index (χ4v) is 3.70. The van der Waals surface area contributed by atoms with E-state index in [-0.39, 0.29) is 17.3 Å². The van der Waals surface area contributed by atoms with Crippen molar-refractivity contribution in [1.29, 1.82) is 0 Å². The van der Waals surface area contributed by atoms with E-state index >= 15 is 0 Å². The molecule has 3 rings (SSSR count). The number of aryl methyl sites for hydroxylation is 2. The second-order valence-electron chi connectivity index (χ2n) is 6.43. The Bertz CT molecular complexity index is 1100. The third-order valence-corrected chi connectivity index (χ3v) is 5.76. The Morgan fingerprint density at radius 1 is 1.00 bits per heavy atom. The lowest BCUT2D eigenvalue weighted by atomic mass is 10.1. The van der Waals surface area contributed by atoms with E-state index in [0.29, 0.717) is 16.8 Å². The predicted octanol–water partition coefficient (Wildman–Crippen LogP) is 3.43. The topological polar surface area (TPSA) is 88.2 Å². The predicted molar refractivity (Wildman–Crippen MR) is 109 cm³/mol. The van der Waals surface area contributed by atoms with Gasteiger partial charge in [-0.15, -0.1) is 0 Å². The highest BCUT2D eigenvalue weighted by Crippen LogP contribution is 2.19. The molecule has 2 aromatic carbocycles. The molecule has 28 heavy (non-hydrogen) atoms. The van der Waals surface area contributed by atoms with Gasteiger partial charge in [0.15, 0.2) is 0 Å². The Morgan fingerprint density at radius 2 is 1.75 bits per heavy atom. The van der Waals surface area contributed by atoms with Crippen molar-refractivity contribution in [3.8, 4) is 0 Å². The SMILES string of the molecule is Cc1ccncc1NC(=O)c1cc(S(=O)(=O)NCc2ccccc2)ccc1C. The van der Waals surface area contributed by atoms with E-state index in [0.717, 1.165) is 11.1 Å². The van der Waals surface area contributed by atoms with Crippen LogP contribution in [0.15, 0.2) is 71.9 Å². The maximum Gasteiger partial charge on any atom is 0.256 e. The second-order valence-corrected chi connectivity index (χ2v) is 8.20. The molecule has 0 saturated heterocycles. The van der Waals surface area contributed by atoms with Crippen molar-refractivity contribution in [2.24, 2.45) is 0 Å². The molecule has 0 bridgehead atoms. The van der Waals surface area contributed by atoms with Gasteiger partial charge in [0.2, 0.25) is 10.0 Å². The maximum atomic E-state index is 12.7. The van der Waals surface area contributed by atoms with Crippen LogP contribution in [0.3, 0.4) is 0 Å². The Hall–Kier alpha value is -3.03. The fraction of sp³-hybridized carbons (Fsp3) is 0.143. The lowest BCUT2D eigenvalue weighted by Gasteiger charge is -2.12. The first-order valence-corrected chi connectivity index (χ1v) is 10.2. The van der Waals surface area contributed by atoms with Gasteiger partial charge in [0.1, 0.15) is 0 Å². The zero-order valence-electron chi connectivity index (χ0n) is 15.6. The molecule has 1 amide bonds. The Morgan fingerprint density at radius 3 is 2.46 bits per heavy atom. The van der Waals surface area contributed by atoms with Gasteiger partial charge < -0.3 is 5.32 Å². The van der Waals surface area contributed by atoms with Gasteiger partial charge in [-0.1, -0.05) is 36.4 Å². The molecule has 2 N–H and O–H groups in total. The van der Waals surface area contributed by atoms with Crippen LogP contribution in [0, 0.1) is 13.8 Å². The molecular weight excluding hydrogens is 374 g/mol. The zero-order valence-corrected chi connectivity index (χ0v) is 16.5. The molecule has 0 atom stereocenters. The minimum absolute atomic E-state index is 0.0436. The highest BCUT2D eigenvalue weighted by Gasteiger charge is 2.18. The molecule has 0 unspecified atom stereocenters. The van der Waals surface area contributed by atoms with Crippen molar-refractivity contribution in [3.63, 3.8) is 0 Å². The highest BCUT2D eigenvalue weighted by atomic mass is 32.2. The number of hydrogen-bond acceptors (Lipinski definition) is 4. The average molecular weight is 395 g/mol. The van der Waals surface area contributed by atoms with Gasteiger partial charge >= 0.3 is 0 Å². The third-order valence-electron chi connectivity index (χ3n) is 4.36. The number of benzene rings is 2. The molecule has 0 aliphatic carbocycles. The number of aromatic nitrogens is 1. The van der Waals surface area contributed by atoms with E-state index in [4.69, 9.17) is 0 Å². The summed E-state index contributed by atoms with van der Waals surface area (Å²) in [7, 11) is -3.75. The number of nitrogens with zero attached hydrogens (tertiary/aromatic N) is 1. The first-order valence-electron chi connectivity index (χ1n) is 8.73. The lowest BCUT2D eigenvalue weighted by Crippen LogP contribution is -2.24. The molecule has 0 aliphatic rings. The Balaban J connectivity index is 1.82. The molecule has 3 aromatic rings. The van der Waals surface area contributed by atoms with E-state index < -0.39 is 10.0 Å². The first kappa shape index (κ1) is 19.7. The number of sulfonamides is 1. The van der Waals surface area contributed by atoms with Crippen LogP contribution in [0.5, 0.6) is 0 Å². The molecule has 6 nitrogen and oxygen atoms in total. The van der Waals surface area contributed by atoms with Gasteiger partial charge in [0, 0.05) is 18.3 Å². The zero-order chi connectivity index (χ0) is 20.1. The maximum absolute atomic E-state index is 12.7. The summed E-state index contributed by atoms with van der Waals surface area (Å²) in [6, 6.07) is 15.5. The number of pyridine rings is 1. The van der Waals surface area contributed by atoms with Crippen molar-refractivity contribution >= 4 is 21.6 Å². The second kappa shape index (κ2) is 8.33. The number of hydrogen-bond donors (Lipinski definition) is 2. The summed E-state index contributed by atoms with van der Waals surface area (Å²) >= 11 is 0. The summed E-state index contributed by atoms with van der Waals surface area (Å²) in [6.07, 6.45) is 3.20. The minimum atomic E-state index is -3.75. The van der Waals surface area contributed by atoms with Crippen LogP contribution in [0.2, 0.25) is 0 Å². The number of carbonyl (C=O) groups is 1. The van der Waals surface area contributed by atoms with Gasteiger partial charge in [0.05, 0.1) is 16.8 Å². The monoisotopic (exact) mass is 395 g/mol. The van der Waals surface area contributed by atoms with Crippen LogP contribution in [-0.2, 0) is 16.6 Å². The van der Waals surface area contributed by atoms with Crippen LogP contribution in [-0.4, -0.2) is 19.3 Å². The molecule has 144 valence electrons. The molecule has 0 radical (unpaired) electrons. The van der Waals surface area contributed by atoms with Crippen molar-refractivity contribution in [3.05, 3.63) is 89.2 Å². The average Bonchev–Trinajstić information content (AvgIpc) is 2.69. The molecule has 1 aromatic heterocycles. The Labute approximate surface area is 164 Å². The molecule has 0 aliphatic heterocycles. The molecule has 1 heterocycles. The van der Waals surface area contributed by atoms with Gasteiger partial charge in [-0.2, -0.15) is 0 Å². The van der Waals surface area contributed by atoms with Crippen LogP contribution < -0.4 is 10.0 Å². The first-order chi connectivity index (χ1) is 13.4. The number of carbonyl (C=O) groups excluding carboxylic acids is 1. The smallest absolute Gasteiger partial charge is 0.256 e. The quantitative estimate of drug-likeness (QED) is 0.669. The largest absolute Gasteiger partial charge is 0.320 e. The van der Waals surface area contributed by atoms with Gasteiger partial charge in [-0.25, -0.2) is 13.1 Å². The molecule has 0 fully saturated rings. The number of amides is 1. The summed E-state index contributed by atoms with van der Waals surface area (Å²) in [6.45, 7) is 3.80. The van der Waals surface area contributed by atoms with Crippen LogP contribution >= 0.6 is 0 Å². The number of nitrogens with one attached hydrogen (secondary N) is 2. The highest BCUT2D eigenvalue weighted by molar-refractivity contribution is 7.89. The molecular formula is C21H21N3O3S. The van der Waals surface area contributed by atoms with Crippen LogP contribution in [0.1, 0.15) is 27.0 Å². The minimum Gasteiger partial charge on any atom is -0.320 e. The summed E-state index contributed by atoms with van der Waals surface area (Å²) in [5.74, 6) is -0.381. The van der Waals surface area contributed by atoms with Crippen molar-refractivity contribution in [2.75, 3.05) is 5.32 Å². The molecule has 0 spiro atoms. The van der Waals surface area contributed by atoms with Gasteiger partial charge in [-0.3, -0.25) is 9.78 Å². The Kier molecular flexibility index (Phi) is 5.87. The van der Waals surface area contributed by atoms with E-state index in [1.807, 2.05) is 37.3 Å². The van der Waals surface area contributed by atoms with E-state index in [1.165, 1.54) is 12.1 Å². The van der Waals surface area contributed by atoms with Gasteiger partial charge in [0.25, 0.3) is 5.91 Å². The standard InChI is InChI=1S/C21H21N3O3S/c1-15-8-9-18(28(26,27)23-13-17-6-4-3-5-7-17)12-19(15)21(25)24-20-14-22-11-10-16(20)2/h3-12,14,23H,13H2,1-2H3,(H,24,25).